The zero-order valence-corrected chi connectivity index (χ0v) is 19.8. The highest BCUT2D eigenvalue weighted by atomic mass is 32.2. The third-order valence-electron chi connectivity index (χ3n) is 4.76. The zero-order valence-electron chi connectivity index (χ0n) is 19.0. The average molecular weight is 451 g/mol. The van der Waals surface area contributed by atoms with E-state index in [1.807, 2.05) is 6.92 Å². The van der Waals surface area contributed by atoms with Crippen LogP contribution < -0.4 is 20.5 Å². The van der Waals surface area contributed by atoms with E-state index < -0.39 is 20.5 Å². The lowest BCUT2D eigenvalue weighted by Gasteiger charge is -2.26. The second-order valence-electron chi connectivity index (χ2n) is 6.98. The van der Waals surface area contributed by atoms with E-state index in [-0.39, 0.29) is 11.3 Å². The highest BCUT2D eigenvalue weighted by Crippen LogP contribution is 2.31. The first kappa shape index (κ1) is 26.5. The van der Waals surface area contributed by atoms with E-state index in [2.05, 4.69) is 19.2 Å². The van der Waals surface area contributed by atoms with Gasteiger partial charge in [-0.05, 0) is 68.9 Å². The highest BCUT2D eigenvalue weighted by Gasteiger charge is 2.45. The summed E-state index contributed by atoms with van der Waals surface area (Å²) in [5, 5.41) is 3.11. The summed E-state index contributed by atoms with van der Waals surface area (Å²) in [6.45, 7) is 10.1. The third-order valence-corrected chi connectivity index (χ3v) is 7.18. The predicted octanol–water partition coefficient (Wildman–Crippen LogP) is 2.97. The number of hydrogen-bond acceptors (Lipinski definition) is 6. The van der Waals surface area contributed by atoms with E-state index in [4.69, 9.17) is 15.2 Å². The number of methoxy groups -OCH3 is 1. The highest BCUT2D eigenvalue weighted by molar-refractivity contribution is 7.93. The van der Waals surface area contributed by atoms with E-state index in [1.54, 1.807) is 24.3 Å². The van der Waals surface area contributed by atoms with Gasteiger partial charge in [0.05, 0.1) is 18.6 Å². The van der Waals surface area contributed by atoms with Crippen LogP contribution in [0.5, 0.6) is 11.5 Å². The van der Waals surface area contributed by atoms with Crippen LogP contribution in [0.1, 0.15) is 33.3 Å². The molecule has 31 heavy (non-hydrogen) atoms. The Hall–Kier alpha value is -2.58. The van der Waals surface area contributed by atoms with Crippen LogP contribution >= 0.6 is 0 Å². The molecule has 0 spiro atoms. The van der Waals surface area contributed by atoms with Gasteiger partial charge in [-0.2, -0.15) is 0 Å². The molecule has 0 aliphatic heterocycles. The van der Waals surface area contributed by atoms with Gasteiger partial charge in [0.1, 0.15) is 11.5 Å². The predicted molar refractivity (Wildman–Crippen MR) is 123 cm³/mol. The van der Waals surface area contributed by atoms with Crippen molar-refractivity contribution in [2.45, 2.75) is 43.8 Å². The molecule has 0 heterocycles. The first-order valence-corrected chi connectivity index (χ1v) is 11.8. The number of benzene rings is 2. The summed E-state index contributed by atoms with van der Waals surface area (Å²) >= 11 is 0. The summed E-state index contributed by atoms with van der Waals surface area (Å²) in [5.74, 6) is 0.300. The second-order valence-corrected chi connectivity index (χ2v) is 9.36. The van der Waals surface area contributed by atoms with Crippen LogP contribution in [0.25, 0.3) is 0 Å². The topological polar surface area (TPSA) is 108 Å². The molecule has 8 heteroatoms. The minimum absolute atomic E-state index is 0.0190. The molecule has 0 bridgehead atoms. The van der Waals surface area contributed by atoms with Gasteiger partial charge in [-0.3, -0.25) is 4.79 Å². The van der Waals surface area contributed by atoms with Crippen molar-refractivity contribution in [3.63, 3.8) is 0 Å². The number of amides is 1. The minimum atomic E-state index is -4.00. The molecule has 0 saturated heterocycles. The van der Waals surface area contributed by atoms with E-state index in [0.717, 1.165) is 13.1 Å². The Bertz CT molecular complexity index is 910. The smallest absolute Gasteiger partial charge is 0.239 e. The van der Waals surface area contributed by atoms with Crippen molar-refractivity contribution in [1.29, 1.82) is 0 Å². The Labute approximate surface area is 185 Å². The Kier molecular flexibility index (Phi) is 10.5. The van der Waals surface area contributed by atoms with Crippen molar-refractivity contribution in [3.05, 3.63) is 54.1 Å². The Morgan fingerprint density at radius 1 is 0.968 bits per heavy atom. The van der Waals surface area contributed by atoms with E-state index >= 15 is 0 Å². The molecule has 172 valence electrons. The first-order chi connectivity index (χ1) is 14.7. The fourth-order valence-electron chi connectivity index (χ4n) is 2.84. The van der Waals surface area contributed by atoms with Gasteiger partial charge in [0.25, 0.3) is 0 Å². The van der Waals surface area contributed by atoms with Crippen molar-refractivity contribution in [2.24, 2.45) is 5.73 Å². The molecular formula is C23H34N2O5S. The van der Waals surface area contributed by atoms with Crippen LogP contribution in [0.3, 0.4) is 0 Å². The number of rotatable bonds is 10. The molecule has 3 N–H and O–H groups in total. The molecule has 0 saturated carbocycles. The number of primary amides is 1. The van der Waals surface area contributed by atoms with Crippen LogP contribution in [0, 0.1) is 0 Å². The Morgan fingerprint density at radius 2 is 1.48 bits per heavy atom. The van der Waals surface area contributed by atoms with Crippen molar-refractivity contribution >= 4 is 15.7 Å². The molecule has 0 fully saturated rings. The lowest BCUT2D eigenvalue weighted by atomic mass is 9.99. The van der Waals surface area contributed by atoms with E-state index in [1.165, 1.54) is 38.3 Å². The molecule has 1 unspecified atom stereocenters. The summed E-state index contributed by atoms with van der Waals surface area (Å²) in [4.78, 5) is 12.2. The van der Waals surface area contributed by atoms with Crippen LogP contribution in [0.2, 0.25) is 0 Å². The minimum Gasteiger partial charge on any atom is -0.497 e. The first-order valence-electron chi connectivity index (χ1n) is 10.3. The fraction of sp³-hybridized carbons (Fsp3) is 0.435. The maximum Gasteiger partial charge on any atom is 0.239 e. The number of carbonyl (C=O) groups is 1. The van der Waals surface area contributed by atoms with Crippen molar-refractivity contribution in [3.8, 4) is 11.5 Å². The zero-order chi connectivity index (χ0) is 23.5. The van der Waals surface area contributed by atoms with Gasteiger partial charge in [0.2, 0.25) is 5.91 Å². The lowest BCUT2D eigenvalue weighted by Crippen LogP contribution is -2.49. The van der Waals surface area contributed by atoms with Crippen LogP contribution in [0.4, 0.5) is 0 Å². The number of carbonyl (C=O) groups excluding carboxylic acids is 1. The van der Waals surface area contributed by atoms with Crippen molar-refractivity contribution in [1.82, 2.24) is 5.32 Å². The molecule has 1 atom stereocenters. The molecule has 0 aromatic heterocycles. The molecule has 2 aromatic carbocycles. The normalized spacial score (nSPS) is 12.8. The summed E-state index contributed by atoms with van der Waals surface area (Å²) in [6, 6.07) is 12.8. The van der Waals surface area contributed by atoms with Gasteiger partial charge >= 0.3 is 0 Å². The van der Waals surface area contributed by atoms with Gasteiger partial charge in [-0.15, -0.1) is 0 Å². The molecule has 2 rings (SSSR count). The standard InChI is InChI=1S/C19H23NO5S.C4H11N/c1-4-25-16-7-5-14(6-8-16)13-19(2,18(20)21)26(22,23)17-11-9-15(24-3)10-12-17;1-3-5-4-2/h5-12H,4,13H2,1-3H3,(H2,20,21);5H,3-4H2,1-2H3. The number of ether oxygens (including phenoxy) is 2. The molecule has 2 aromatic rings. The number of sulfone groups is 1. The number of nitrogens with two attached hydrogens (primary N) is 1. The maximum atomic E-state index is 13.1. The van der Waals surface area contributed by atoms with Crippen molar-refractivity contribution < 1.29 is 22.7 Å². The molecule has 0 aliphatic carbocycles. The number of hydrogen-bond donors (Lipinski definition) is 2. The molecule has 1 amide bonds. The summed E-state index contributed by atoms with van der Waals surface area (Å²) in [5.41, 5.74) is 6.18. The van der Waals surface area contributed by atoms with Gasteiger partial charge in [-0.25, -0.2) is 8.42 Å². The fourth-order valence-corrected chi connectivity index (χ4v) is 4.48. The molecule has 0 radical (unpaired) electrons. The third kappa shape index (κ3) is 6.97. The second kappa shape index (κ2) is 12.3. The SMILES string of the molecule is CCNCC.CCOc1ccc(CC(C)(C(N)=O)S(=O)(=O)c2ccc(OC)cc2)cc1. The summed E-state index contributed by atoms with van der Waals surface area (Å²) in [6.07, 6.45) is -0.0386. The quantitative estimate of drug-likeness (QED) is 0.576. The molecule has 7 nitrogen and oxygen atoms in total. The van der Waals surface area contributed by atoms with Gasteiger partial charge in [0, 0.05) is 6.42 Å². The van der Waals surface area contributed by atoms with Gasteiger partial charge in [-0.1, -0.05) is 26.0 Å². The van der Waals surface area contributed by atoms with Gasteiger partial charge in [0.15, 0.2) is 14.6 Å². The van der Waals surface area contributed by atoms with E-state index in [0.29, 0.717) is 23.7 Å². The van der Waals surface area contributed by atoms with Crippen molar-refractivity contribution in [2.75, 3.05) is 26.8 Å². The van der Waals surface area contributed by atoms with Crippen LogP contribution in [-0.4, -0.2) is 45.9 Å². The average Bonchev–Trinajstić information content (AvgIpc) is 2.76. The largest absolute Gasteiger partial charge is 0.497 e. The monoisotopic (exact) mass is 450 g/mol. The molecular weight excluding hydrogens is 416 g/mol. The lowest BCUT2D eigenvalue weighted by molar-refractivity contribution is -0.120. The van der Waals surface area contributed by atoms with Gasteiger partial charge < -0.3 is 20.5 Å². The number of nitrogens with one attached hydrogen (secondary N) is 1. The maximum absolute atomic E-state index is 13.1. The summed E-state index contributed by atoms with van der Waals surface area (Å²) < 4.78 is 34.8. The summed E-state index contributed by atoms with van der Waals surface area (Å²) in [7, 11) is -2.52. The Balaban J connectivity index is 0.000000861. The van der Waals surface area contributed by atoms with Crippen LogP contribution in [0.15, 0.2) is 53.4 Å². The van der Waals surface area contributed by atoms with E-state index in [9.17, 15) is 13.2 Å². The Morgan fingerprint density at radius 3 is 1.87 bits per heavy atom. The van der Waals surface area contributed by atoms with Crippen LogP contribution in [-0.2, 0) is 21.1 Å². The molecule has 0 aliphatic rings.